The smallest absolute Gasteiger partial charge is 0.353 e. The van der Waals surface area contributed by atoms with Gasteiger partial charge in [-0.15, -0.1) is 0 Å². The highest BCUT2D eigenvalue weighted by Gasteiger charge is 2.46. The zero-order valence-corrected chi connectivity index (χ0v) is 15.0. The SMILES string of the molecule is O=C(C1CC1c1ccc(F)cc1)N1CCN(c2ccc(C(F)(F)F)cn2)CC1. The Morgan fingerprint density at radius 3 is 2.25 bits per heavy atom. The van der Waals surface area contributed by atoms with Crippen molar-refractivity contribution in [2.24, 2.45) is 5.92 Å². The number of hydrogen-bond acceptors (Lipinski definition) is 3. The Morgan fingerprint density at radius 2 is 1.68 bits per heavy atom. The lowest BCUT2D eigenvalue weighted by Crippen LogP contribution is -2.49. The number of pyridine rings is 1. The maximum Gasteiger partial charge on any atom is 0.417 e. The molecule has 0 N–H and O–H groups in total. The van der Waals surface area contributed by atoms with Gasteiger partial charge in [0.1, 0.15) is 11.6 Å². The lowest BCUT2D eigenvalue weighted by atomic mass is 10.1. The van der Waals surface area contributed by atoms with Crippen LogP contribution in [0.25, 0.3) is 0 Å². The lowest BCUT2D eigenvalue weighted by molar-refractivity contribution is -0.138. The van der Waals surface area contributed by atoms with Gasteiger partial charge in [-0.05, 0) is 42.2 Å². The van der Waals surface area contributed by atoms with Crippen LogP contribution < -0.4 is 4.90 Å². The Bertz CT molecular complexity index is 843. The Labute approximate surface area is 159 Å². The third-order valence-electron chi connectivity index (χ3n) is 5.40. The Kier molecular flexibility index (Phi) is 4.72. The summed E-state index contributed by atoms with van der Waals surface area (Å²) in [7, 11) is 0. The third-order valence-corrected chi connectivity index (χ3v) is 5.40. The third kappa shape index (κ3) is 3.81. The number of halogens is 4. The van der Waals surface area contributed by atoms with Gasteiger partial charge >= 0.3 is 6.18 Å². The molecule has 1 aromatic heterocycles. The van der Waals surface area contributed by atoms with Crippen LogP contribution in [0.1, 0.15) is 23.5 Å². The summed E-state index contributed by atoms with van der Waals surface area (Å²) in [6.07, 6.45) is -2.79. The second kappa shape index (κ2) is 7.07. The van der Waals surface area contributed by atoms with Gasteiger partial charge in [0.25, 0.3) is 0 Å². The number of aromatic nitrogens is 1. The minimum absolute atomic E-state index is 0.0683. The van der Waals surface area contributed by atoms with Crippen LogP contribution in [0.2, 0.25) is 0 Å². The molecule has 1 amide bonds. The van der Waals surface area contributed by atoms with Gasteiger partial charge in [-0.25, -0.2) is 9.37 Å². The van der Waals surface area contributed by atoms with Crippen LogP contribution in [0.4, 0.5) is 23.4 Å². The maximum atomic E-state index is 13.0. The molecule has 1 aromatic carbocycles. The summed E-state index contributed by atoms with van der Waals surface area (Å²) in [6, 6.07) is 8.65. The summed E-state index contributed by atoms with van der Waals surface area (Å²) in [5, 5.41) is 0. The van der Waals surface area contributed by atoms with E-state index < -0.39 is 11.7 Å². The number of alkyl halides is 3. The monoisotopic (exact) mass is 393 g/mol. The molecule has 0 radical (unpaired) electrons. The molecule has 4 rings (SSSR count). The highest BCUT2D eigenvalue weighted by molar-refractivity contribution is 5.83. The molecule has 148 valence electrons. The van der Waals surface area contributed by atoms with E-state index in [1.165, 1.54) is 18.2 Å². The molecule has 2 fully saturated rings. The van der Waals surface area contributed by atoms with Crippen LogP contribution in [0, 0.1) is 11.7 Å². The summed E-state index contributed by atoms with van der Waals surface area (Å²) in [5.74, 6) is 0.356. The highest BCUT2D eigenvalue weighted by atomic mass is 19.4. The summed E-state index contributed by atoms with van der Waals surface area (Å²) in [6.45, 7) is 2.07. The van der Waals surface area contributed by atoms with E-state index in [0.717, 1.165) is 24.2 Å². The molecule has 2 aliphatic rings. The van der Waals surface area contributed by atoms with Crippen molar-refractivity contribution in [3.8, 4) is 0 Å². The van der Waals surface area contributed by atoms with E-state index >= 15 is 0 Å². The fourth-order valence-electron chi connectivity index (χ4n) is 3.68. The molecule has 1 saturated carbocycles. The predicted octanol–water partition coefficient (Wildman–Crippen LogP) is 3.69. The van der Waals surface area contributed by atoms with Crippen molar-refractivity contribution in [2.45, 2.75) is 18.5 Å². The summed E-state index contributed by atoms with van der Waals surface area (Å²) in [5.41, 5.74) is 0.206. The van der Waals surface area contributed by atoms with Gasteiger partial charge in [-0.1, -0.05) is 12.1 Å². The first kappa shape index (κ1) is 18.7. The number of carbonyl (C=O) groups excluding carboxylic acids is 1. The van der Waals surface area contributed by atoms with Gasteiger partial charge in [0.05, 0.1) is 5.56 Å². The lowest BCUT2D eigenvalue weighted by Gasteiger charge is -2.35. The summed E-state index contributed by atoms with van der Waals surface area (Å²) < 4.78 is 51.0. The van der Waals surface area contributed by atoms with Crippen molar-refractivity contribution in [3.05, 3.63) is 59.5 Å². The quantitative estimate of drug-likeness (QED) is 0.747. The first-order chi connectivity index (χ1) is 13.3. The van der Waals surface area contributed by atoms with Crippen LogP contribution in [0.15, 0.2) is 42.6 Å². The molecule has 2 atom stereocenters. The van der Waals surface area contributed by atoms with E-state index in [0.29, 0.717) is 32.0 Å². The molecule has 1 aliphatic carbocycles. The molecule has 2 aromatic rings. The fraction of sp³-hybridized carbons (Fsp3) is 0.400. The molecular formula is C20H19F4N3O. The van der Waals surface area contributed by atoms with Gasteiger partial charge in [0.2, 0.25) is 5.91 Å². The molecule has 1 aliphatic heterocycles. The van der Waals surface area contributed by atoms with Crippen molar-refractivity contribution in [1.29, 1.82) is 0 Å². The normalized spacial score (nSPS) is 22.3. The first-order valence-corrected chi connectivity index (χ1v) is 9.15. The molecule has 28 heavy (non-hydrogen) atoms. The van der Waals surface area contributed by atoms with Gasteiger partial charge in [0.15, 0.2) is 0 Å². The zero-order chi connectivity index (χ0) is 19.9. The summed E-state index contributed by atoms with van der Waals surface area (Å²) in [4.78, 5) is 20.3. The number of rotatable bonds is 3. The van der Waals surface area contributed by atoms with E-state index in [9.17, 15) is 22.4 Å². The van der Waals surface area contributed by atoms with E-state index in [1.807, 2.05) is 4.90 Å². The van der Waals surface area contributed by atoms with E-state index in [4.69, 9.17) is 0 Å². The summed E-state index contributed by atoms with van der Waals surface area (Å²) >= 11 is 0. The van der Waals surface area contributed by atoms with Crippen molar-refractivity contribution in [1.82, 2.24) is 9.88 Å². The molecule has 4 nitrogen and oxygen atoms in total. The number of benzene rings is 1. The van der Waals surface area contributed by atoms with Crippen LogP contribution in [0.3, 0.4) is 0 Å². The van der Waals surface area contributed by atoms with Gasteiger partial charge < -0.3 is 9.80 Å². The van der Waals surface area contributed by atoms with Gasteiger partial charge in [-0.3, -0.25) is 4.79 Å². The molecular weight excluding hydrogens is 374 g/mol. The minimum Gasteiger partial charge on any atom is -0.353 e. The molecule has 0 bridgehead atoms. The van der Waals surface area contributed by atoms with E-state index in [2.05, 4.69) is 4.98 Å². The number of piperazine rings is 1. The van der Waals surface area contributed by atoms with Gasteiger partial charge in [-0.2, -0.15) is 13.2 Å². The number of anilines is 1. The Balaban J connectivity index is 1.32. The van der Waals surface area contributed by atoms with Crippen LogP contribution in [0.5, 0.6) is 0 Å². The van der Waals surface area contributed by atoms with Crippen molar-refractivity contribution < 1.29 is 22.4 Å². The molecule has 8 heteroatoms. The van der Waals surface area contributed by atoms with Crippen molar-refractivity contribution in [2.75, 3.05) is 31.1 Å². The average Bonchev–Trinajstić information content (AvgIpc) is 3.48. The number of carbonyl (C=O) groups is 1. The second-order valence-corrected chi connectivity index (χ2v) is 7.22. The standard InChI is InChI=1S/C20H19F4N3O/c21-15-4-1-13(2-5-15)16-11-17(16)19(28)27-9-7-26(8-10-27)18-6-3-14(12-25-18)20(22,23)24/h1-6,12,16-17H,7-11H2. The van der Waals surface area contributed by atoms with Crippen LogP contribution in [-0.4, -0.2) is 42.0 Å². The van der Waals surface area contributed by atoms with Crippen molar-refractivity contribution in [3.63, 3.8) is 0 Å². The Morgan fingerprint density at radius 1 is 1.00 bits per heavy atom. The first-order valence-electron chi connectivity index (χ1n) is 9.15. The number of hydrogen-bond donors (Lipinski definition) is 0. The van der Waals surface area contributed by atoms with Crippen LogP contribution in [-0.2, 0) is 11.0 Å². The molecule has 2 heterocycles. The van der Waals surface area contributed by atoms with E-state index in [1.54, 1.807) is 17.0 Å². The topological polar surface area (TPSA) is 36.4 Å². The highest BCUT2D eigenvalue weighted by Crippen LogP contribution is 2.48. The maximum absolute atomic E-state index is 13.0. The largest absolute Gasteiger partial charge is 0.417 e. The van der Waals surface area contributed by atoms with Crippen molar-refractivity contribution >= 4 is 11.7 Å². The van der Waals surface area contributed by atoms with Crippen LogP contribution >= 0.6 is 0 Å². The molecule has 2 unspecified atom stereocenters. The zero-order valence-electron chi connectivity index (χ0n) is 15.0. The van der Waals surface area contributed by atoms with E-state index in [-0.39, 0.29) is 23.6 Å². The molecule has 0 spiro atoms. The molecule has 1 saturated heterocycles. The second-order valence-electron chi connectivity index (χ2n) is 7.22. The average molecular weight is 393 g/mol. The van der Waals surface area contributed by atoms with Gasteiger partial charge in [0, 0.05) is 38.3 Å². The number of nitrogens with zero attached hydrogens (tertiary/aromatic N) is 3. The Hall–Kier alpha value is -2.64. The minimum atomic E-state index is -4.40. The number of amides is 1. The fourth-order valence-corrected chi connectivity index (χ4v) is 3.68. The predicted molar refractivity (Wildman–Crippen MR) is 95.3 cm³/mol.